The summed E-state index contributed by atoms with van der Waals surface area (Å²) in [6.07, 6.45) is 1.94. The van der Waals surface area contributed by atoms with Gasteiger partial charge in [0.05, 0.1) is 18.1 Å². The van der Waals surface area contributed by atoms with Crippen molar-refractivity contribution in [3.8, 4) is 0 Å². The molecule has 0 aromatic carbocycles. The van der Waals surface area contributed by atoms with Gasteiger partial charge in [-0.1, -0.05) is 6.92 Å². The first-order valence-corrected chi connectivity index (χ1v) is 8.68. The monoisotopic (exact) mass is 360 g/mol. The van der Waals surface area contributed by atoms with E-state index < -0.39 is 0 Å². The van der Waals surface area contributed by atoms with Crippen molar-refractivity contribution in [2.24, 2.45) is 0 Å². The maximum atomic E-state index is 12.0. The van der Waals surface area contributed by atoms with Gasteiger partial charge in [-0.25, -0.2) is 0 Å². The third-order valence-corrected chi connectivity index (χ3v) is 5.59. The lowest BCUT2D eigenvalue weighted by atomic mass is 10.3. The van der Waals surface area contributed by atoms with Crippen LogP contribution in [0, 0.1) is 0 Å². The van der Waals surface area contributed by atoms with Gasteiger partial charge in [-0.05, 0) is 41.4 Å². The average molecular weight is 361 g/mol. The molecule has 1 aliphatic heterocycles. The molecule has 0 unspecified atom stereocenters. The van der Waals surface area contributed by atoms with Crippen molar-refractivity contribution < 1.29 is 9.53 Å². The van der Waals surface area contributed by atoms with Crippen LogP contribution in [0.25, 0.3) is 0 Å². The Labute approximate surface area is 132 Å². The first kappa shape index (κ1) is 15.9. The Bertz CT molecular complexity index is 444. The second-order valence-electron chi connectivity index (χ2n) is 4.80. The Hall–Kier alpha value is -0.430. The van der Waals surface area contributed by atoms with Gasteiger partial charge < -0.3 is 10.1 Å². The number of nitrogens with zero attached hydrogens (tertiary/aromatic N) is 1. The van der Waals surface area contributed by atoms with Crippen molar-refractivity contribution in [1.82, 2.24) is 10.2 Å². The second kappa shape index (κ2) is 8.12. The molecule has 112 valence electrons. The number of halogens is 1. The number of morpholine rings is 1. The molecule has 1 saturated heterocycles. The number of nitrogens with one attached hydrogen (secondary N) is 1. The normalized spacial score (nSPS) is 16.3. The number of rotatable bonds is 6. The zero-order valence-electron chi connectivity index (χ0n) is 11.8. The fourth-order valence-electron chi connectivity index (χ4n) is 2.18. The molecule has 1 amide bonds. The van der Waals surface area contributed by atoms with Gasteiger partial charge in [-0.2, -0.15) is 0 Å². The van der Waals surface area contributed by atoms with Gasteiger partial charge in [0.2, 0.25) is 0 Å². The molecule has 2 rings (SSSR count). The minimum absolute atomic E-state index is 0.0392. The van der Waals surface area contributed by atoms with E-state index >= 15 is 0 Å². The summed E-state index contributed by atoms with van der Waals surface area (Å²) in [5.41, 5.74) is 0. The summed E-state index contributed by atoms with van der Waals surface area (Å²) in [6.45, 7) is 7.52. The topological polar surface area (TPSA) is 41.6 Å². The van der Waals surface area contributed by atoms with E-state index in [1.807, 2.05) is 6.07 Å². The molecule has 1 aromatic rings. The highest BCUT2D eigenvalue weighted by Gasteiger charge is 2.13. The lowest BCUT2D eigenvalue weighted by Crippen LogP contribution is -2.38. The van der Waals surface area contributed by atoms with Gasteiger partial charge in [0.1, 0.15) is 0 Å². The Morgan fingerprint density at radius 1 is 1.50 bits per heavy atom. The molecular formula is C14H21BrN2O2S. The number of carbonyl (C=O) groups is 1. The fourth-order valence-corrected chi connectivity index (χ4v) is 3.99. The molecule has 1 aromatic heterocycles. The molecule has 1 fully saturated rings. The molecule has 0 spiro atoms. The van der Waals surface area contributed by atoms with Gasteiger partial charge >= 0.3 is 0 Å². The van der Waals surface area contributed by atoms with Crippen LogP contribution in [0.3, 0.4) is 0 Å². The van der Waals surface area contributed by atoms with Gasteiger partial charge in [0.25, 0.3) is 5.91 Å². The molecule has 0 saturated carbocycles. The van der Waals surface area contributed by atoms with Crippen molar-refractivity contribution in [3.63, 3.8) is 0 Å². The van der Waals surface area contributed by atoms with E-state index in [1.165, 1.54) is 4.88 Å². The maximum Gasteiger partial charge on any atom is 0.261 e. The molecule has 2 heterocycles. The number of hydrogen-bond donors (Lipinski definition) is 1. The van der Waals surface area contributed by atoms with E-state index in [1.54, 1.807) is 11.3 Å². The lowest BCUT2D eigenvalue weighted by molar-refractivity contribution is 0.0374. The summed E-state index contributed by atoms with van der Waals surface area (Å²) in [5.74, 6) is 0.0392. The molecular weight excluding hydrogens is 340 g/mol. The van der Waals surface area contributed by atoms with E-state index in [0.29, 0.717) is 0 Å². The molecule has 1 N–H and O–H groups in total. The number of hydrogen-bond acceptors (Lipinski definition) is 4. The van der Waals surface area contributed by atoms with Gasteiger partial charge in [0.15, 0.2) is 0 Å². The van der Waals surface area contributed by atoms with E-state index in [2.05, 4.69) is 33.1 Å². The summed E-state index contributed by atoms with van der Waals surface area (Å²) < 4.78 is 6.36. The van der Waals surface area contributed by atoms with Gasteiger partial charge in [-0.3, -0.25) is 9.69 Å². The predicted molar refractivity (Wildman–Crippen MR) is 85.6 cm³/mol. The minimum Gasteiger partial charge on any atom is -0.379 e. The van der Waals surface area contributed by atoms with Crippen LogP contribution in [-0.2, 0) is 11.2 Å². The molecule has 6 heteroatoms. The molecule has 20 heavy (non-hydrogen) atoms. The molecule has 4 nitrogen and oxygen atoms in total. The van der Waals surface area contributed by atoms with Crippen LogP contribution >= 0.6 is 27.3 Å². The van der Waals surface area contributed by atoms with Crippen LogP contribution in [0.15, 0.2) is 10.5 Å². The van der Waals surface area contributed by atoms with Crippen LogP contribution in [0.5, 0.6) is 0 Å². The summed E-state index contributed by atoms with van der Waals surface area (Å²) in [4.78, 5) is 16.4. The van der Waals surface area contributed by atoms with Crippen LogP contribution in [0.4, 0.5) is 0 Å². The van der Waals surface area contributed by atoms with E-state index in [9.17, 15) is 4.79 Å². The third kappa shape index (κ3) is 4.55. The molecule has 0 radical (unpaired) electrons. The molecule has 0 aliphatic carbocycles. The van der Waals surface area contributed by atoms with E-state index in [0.717, 1.165) is 61.6 Å². The zero-order valence-corrected chi connectivity index (χ0v) is 14.2. The number of aryl methyl sites for hydroxylation is 1. The zero-order chi connectivity index (χ0) is 14.4. The van der Waals surface area contributed by atoms with Gasteiger partial charge in [-0.15, -0.1) is 11.3 Å². The summed E-state index contributed by atoms with van der Waals surface area (Å²) >= 11 is 5.06. The second-order valence-corrected chi connectivity index (χ2v) is 6.79. The van der Waals surface area contributed by atoms with Crippen LogP contribution < -0.4 is 5.32 Å². The number of ether oxygens (including phenoxy) is 1. The summed E-state index contributed by atoms with van der Waals surface area (Å²) in [5, 5.41) is 3.00. The molecule has 0 atom stereocenters. The summed E-state index contributed by atoms with van der Waals surface area (Å²) in [7, 11) is 0. The van der Waals surface area contributed by atoms with Crippen LogP contribution in [0.2, 0.25) is 0 Å². The highest BCUT2D eigenvalue weighted by Crippen LogP contribution is 2.27. The highest BCUT2D eigenvalue weighted by molar-refractivity contribution is 9.10. The maximum absolute atomic E-state index is 12.0. The first-order chi connectivity index (χ1) is 9.70. The Morgan fingerprint density at radius 3 is 2.90 bits per heavy atom. The molecule has 0 bridgehead atoms. The van der Waals surface area contributed by atoms with Crippen molar-refractivity contribution in [2.75, 3.05) is 39.4 Å². The van der Waals surface area contributed by atoms with Gasteiger partial charge in [0, 0.05) is 29.0 Å². The van der Waals surface area contributed by atoms with Crippen LogP contribution in [-0.4, -0.2) is 50.2 Å². The van der Waals surface area contributed by atoms with Crippen molar-refractivity contribution in [2.45, 2.75) is 19.8 Å². The van der Waals surface area contributed by atoms with Crippen LogP contribution in [0.1, 0.15) is 27.9 Å². The Kier molecular flexibility index (Phi) is 6.48. The number of thiophene rings is 1. The SMILES string of the molecule is CCc1sc(C(=O)NCCCN2CCOCC2)cc1Br. The lowest BCUT2D eigenvalue weighted by Gasteiger charge is -2.26. The molecule has 1 aliphatic rings. The van der Waals surface area contributed by atoms with Crippen molar-refractivity contribution in [3.05, 3.63) is 20.3 Å². The Balaban J connectivity index is 1.69. The number of amides is 1. The fraction of sp³-hybridized carbons (Fsp3) is 0.643. The van der Waals surface area contributed by atoms with E-state index in [-0.39, 0.29) is 5.91 Å². The smallest absolute Gasteiger partial charge is 0.261 e. The first-order valence-electron chi connectivity index (χ1n) is 7.07. The third-order valence-electron chi connectivity index (χ3n) is 3.34. The van der Waals surface area contributed by atoms with Crippen molar-refractivity contribution >= 4 is 33.2 Å². The largest absolute Gasteiger partial charge is 0.379 e. The van der Waals surface area contributed by atoms with E-state index in [4.69, 9.17) is 4.74 Å². The highest BCUT2D eigenvalue weighted by atomic mass is 79.9. The standard InChI is InChI=1S/C14H21BrN2O2S/c1-2-12-11(15)10-13(20-12)14(18)16-4-3-5-17-6-8-19-9-7-17/h10H,2-9H2,1H3,(H,16,18). The minimum atomic E-state index is 0.0392. The predicted octanol–water partition coefficient (Wildman–Crippen LogP) is 2.53. The Morgan fingerprint density at radius 2 is 2.25 bits per heavy atom. The average Bonchev–Trinajstić information content (AvgIpc) is 2.86. The summed E-state index contributed by atoms with van der Waals surface area (Å²) in [6, 6.07) is 1.92. The quantitative estimate of drug-likeness (QED) is 0.792. The number of carbonyl (C=O) groups excluding carboxylic acids is 1. The van der Waals surface area contributed by atoms with Crippen molar-refractivity contribution in [1.29, 1.82) is 0 Å².